The molecule has 4 nitrogen and oxygen atoms in total. The van der Waals surface area contributed by atoms with E-state index in [4.69, 9.17) is 5.11 Å². The zero-order chi connectivity index (χ0) is 12.7. The minimum absolute atomic E-state index is 0.322. The highest BCUT2D eigenvalue weighted by Crippen LogP contribution is 2.12. The Kier molecular flexibility index (Phi) is 5.56. The van der Waals surface area contributed by atoms with E-state index in [1.54, 1.807) is 0 Å². The monoisotopic (exact) mass is 253 g/mol. The molecule has 1 amide bonds. The zero-order valence-electron chi connectivity index (χ0n) is 9.55. The van der Waals surface area contributed by atoms with Crippen molar-refractivity contribution in [3.8, 4) is 0 Å². The molecule has 0 aliphatic carbocycles. The maximum Gasteiger partial charge on any atom is 0.327 e. The van der Waals surface area contributed by atoms with Crippen LogP contribution in [0.5, 0.6) is 0 Å². The molecule has 0 aromatic heterocycles. The van der Waals surface area contributed by atoms with Crippen LogP contribution in [0, 0.1) is 0 Å². The molecule has 2 N–H and O–H groups in total. The molecule has 1 unspecified atom stereocenters. The quantitative estimate of drug-likeness (QED) is 0.806. The van der Waals surface area contributed by atoms with Crippen molar-refractivity contribution in [1.29, 1.82) is 0 Å². The first-order chi connectivity index (χ1) is 8.09. The molecule has 0 bridgehead atoms. The fraction of sp³-hybridized carbons (Fsp3) is 0.333. The Morgan fingerprint density at radius 2 is 2.00 bits per heavy atom. The summed E-state index contributed by atoms with van der Waals surface area (Å²) in [5, 5.41) is 11.3. The summed E-state index contributed by atoms with van der Waals surface area (Å²) >= 11 is 1.49. The van der Waals surface area contributed by atoms with Gasteiger partial charge in [0.25, 0.3) is 0 Å². The number of carboxylic acid groups (broad SMARTS) is 1. The van der Waals surface area contributed by atoms with E-state index < -0.39 is 12.0 Å². The van der Waals surface area contributed by atoms with E-state index in [0.717, 1.165) is 11.3 Å². The van der Waals surface area contributed by atoms with Crippen molar-refractivity contribution in [2.45, 2.75) is 18.7 Å². The van der Waals surface area contributed by atoms with Crippen molar-refractivity contribution >= 4 is 23.6 Å². The number of carbonyl (C=O) groups is 2. The van der Waals surface area contributed by atoms with Crippen molar-refractivity contribution in [1.82, 2.24) is 5.32 Å². The van der Waals surface area contributed by atoms with Gasteiger partial charge in [-0.05, 0) is 5.56 Å². The van der Waals surface area contributed by atoms with Crippen LogP contribution >= 0.6 is 11.8 Å². The van der Waals surface area contributed by atoms with Crippen LogP contribution in [-0.4, -0.2) is 28.8 Å². The minimum atomic E-state index is -0.999. The minimum Gasteiger partial charge on any atom is -0.480 e. The number of thioether (sulfide) groups is 1. The van der Waals surface area contributed by atoms with Crippen molar-refractivity contribution in [3.05, 3.63) is 35.9 Å². The summed E-state index contributed by atoms with van der Waals surface area (Å²) in [6.45, 7) is 1.32. The number of rotatable bonds is 6. The van der Waals surface area contributed by atoms with Crippen LogP contribution < -0.4 is 5.32 Å². The van der Waals surface area contributed by atoms with Gasteiger partial charge in [0.05, 0.1) is 0 Å². The molecule has 5 heteroatoms. The van der Waals surface area contributed by atoms with Crippen LogP contribution in [0.4, 0.5) is 0 Å². The summed E-state index contributed by atoms with van der Waals surface area (Å²) in [5.74, 6) is -0.216. The van der Waals surface area contributed by atoms with E-state index in [1.807, 2.05) is 30.3 Å². The number of nitrogens with one attached hydrogen (secondary N) is 1. The molecule has 92 valence electrons. The normalized spacial score (nSPS) is 11.8. The van der Waals surface area contributed by atoms with E-state index >= 15 is 0 Å². The van der Waals surface area contributed by atoms with E-state index in [1.165, 1.54) is 18.7 Å². The van der Waals surface area contributed by atoms with Crippen LogP contribution in [0.1, 0.15) is 12.5 Å². The molecule has 0 saturated heterocycles. The molecular formula is C12H15NO3S. The standard InChI is InChI=1S/C12H15NO3S/c1-9(14)13-11(12(15)16)8-17-7-10-5-3-2-4-6-10/h2-6,11H,7-8H2,1H3,(H,13,14)(H,15,16). The lowest BCUT2D eigenvalue weighted by Crippen LogP contribution is -2.41. The highest BCUT2D eigenvalue weighted by molar-refractivity contribution is 7.98. The number of hydrogen-bond acceptors (Lipinski definition) is 3. The molecular weight excluding hydrogens is 238 g/mol. The van der Waals surface area contributed by atoms with Gasteiger partial charge in [-0.2, -0.15) is 11.8 Å². The molecule has 1 aromatic rings. The molecule has 1 atom stereocenters. The summed E-state index contributed by atoms with van der Waals surface area (Å²) in [5.41, 5.74) is 1.14. The maximum atomic E-state index is 10.8. The number of benzene rings is 1. The molecule has 0 radical (unpaired) electrons. The summed E-state index contributed by atoms with van der Waals surface area (Å²) in [6.07, 6.45) is 0. The Balaban J connectivity index is 2.37. The molecule has 0 heterocycles. The smallest absolute Gasteiger partial charge is 0.327 e. The lowest BCUT2D eigenvalue weighted by molar-refractivity contribution is -0.140. The second-order valence-electron chi connectivity index (χ2n) is 3.59. The molecule has 0 spiro atoms. The Morgan fingerprint density at radius 3 is 2.53 bits per heavy atom. The fourth-order valence-corrected chi connectivity index (χ4v) is 2.30. The summed E-state index contributed by atoms with van der Waals surface area (Å²) < 4.78 is 0. The maximum absolute atomic E-state index is 10.8. The molecule has 0 fully saturated rings. The molecule has 1 rings (SSSR count). The predicted octanol–water partition coefficient (Wildman–Crippen LogP) is 1.51. The van der Waals surface area contributed by atoms with Gasteiger partial charge in [-0.1, -0.05) is 30.3 Å². The van der Waals surface area contributed by atoms with Crippen LogP contribution in [0.3, 0.4) is 0 Å². The van der Waals surface area contributed by atoms with Gasteiger partial charge in [0.15, 0.2) is 0 Å². The third-order valence-corrected chi connectivity index (χ3v) is 3.18. The SMILES string of the molecule is CC(=O)NC(CSCc1ccccc1)C(=O)O. The van der Waals surface area contributed by atoms with E-state index in [9.17, 15) is 9.59 Å². The Bertz CT molecular complexity index is 381. The Labute approximate surface area is 104 Å². The highest BCUT2D eigenvalue weighted by Gasteiger charge is 2.17. The fourth-order valence-electron chi connectivity index (χ4n) is 1.29. The number of hydrogen-bond donors (Lipinski definition) is 2. The van der Waals surface area contributed by atoms with Crippen molar-refractivity contribution in [2.24, 2.45) is 0 Å². The molecule has 1 aromatic carbocycles. The molecule has 0 aliphatic heterocycles. The van der Waals surface area contributed by atoms with E-state index in [2.05, 4.69) is 5.32 Å². The average Bonchev–Trinajstić information content (AvgIpc) is 2.28. The van der Waals surface area contributed by atoms with Gasteiger partial charge in [0, 0.05) is 18.4 Å². The van der Waals surface area contributed by atoms with Crippen molar-refractivity contribution < 1.29 is 14.7 Å². The lowest BCUT2D eigenvalue weighted by Gasteiger charge is -2.12. The first-order valence-corrected chi connectivity index (χ1v) is 6.36. The third kappa shape index (κ3) is 5.40. The third-order valence-electron chi connectivity index (χ3n) is 2.07. The summed E-state index contributed by atoms with van der Waals surface area (Å²) in [6, 6.07) is 8.98. The first kappa shape index (κ1) is 13.6. The topological polar surface area (TPSA) is 66.4 Å². The van der Waals surface area contributed by atoms with Crippen LogP contribution in [-0.2, 0) is 15.3 Å². The second-order valence-corrected chi connectivity index (χ2v) is 4.62. The largest absolute Gasteiger partial charge is 0.480 e. The van der Waals surface area contributed by atoms with Gasteiger partial charge < -0.3 is 10.4 Å². The number of carboxylic acids is 1. The van der Waals surface area contributed by atoms with Crippen LogP contribution in [0.25, 0.3) is 0 Å². The van der Waals surface area contributed by atoms with Gasteiger partial charge in [0.1, 0.15) is 6.04 Å². The predicted molar refractivity (Wildman–Crippen MR) is 67.8 cm³/mol. The molecule has 17 heavy (non-hydrogen) atoms. The first-order valence-electron chi connectivity index (χ1n) is 5.21. The second kappa shape index (κ2) is 6.96. The van der Waals surface area contributed by atoms with Crippen LogP contribution in [0.15, 0.2) is 30.3 Å². The Morgan fingerprint density at radius 1 is 1.35 bits per heavy atom. The van der Waals surface area contributed by atoms with Gasteiger partial charge in [-0.15, -0.1) is 0 Å². The molecule has 0 aliphatic rings. The van der Waals surface area contributed by atoms with Crippen molar-refractivity contribution in [3.63, 3.8) is 0 Å². The Hall–Kier alpha value is -1.49. The molecule has 0 saturated carbocycles. The van der Waals surface area contributed by atoms with E-state index in [-0.39, 0.29) is 5.91 Å². The van der Waals surface area contributed by atoms with Crippen molar-refractivity contribution in [2.75, 3.05) is 5.75 Å². The number of carbonyl (C=O) groups excluding carboxylic acids is 1. The van der Waals surface area contributed by atoms with Gasteiger partial charge >= 0.3 is 5.97 Å². The number of amides is 1. The average molecular weight is 253 g/mol. The summed E-state index contributed by atoms with van der Waals surface area (Å²) in [4.78, 5) is 21.7. The van der Waals surface area contributed by atoms with E-state index in [0.29, 0.717) is 5.75 Å². The van der Waals surface area contributed by atoms with Crippen LogP contribution in [0.2, 0.25) is 0 Å². The number of aliphatic carboxylic acids is 1. The zero-order valence-corrected chi connectivity index (χ0v) is 10.4. The summed E-state index contributed by atoms with van der Waals surface area (Å²) in [7, 11) is 0. The van der Waals surface area contributed by atoms with Gasteiger partial charge in [-0.3, -0.25) is 4.79 Å². The highest BCUT2D eigenvalue weighted by atomic mass is 32.2. The van der Waals surface area contributed by atoms with Gasteiger partial charge in [0.2, 0.25) is 5.91 Å². The van der Waals surface area contributed by atoms with Gasteiger partial charge in [-0.25, -0.2) is 4.79 Å². The lowest BCUT2D eigenvalue weighted by atomic mass is 10.2.